The van der Waals surface area contributed by atoms with Crippen LogP contribution in [0, 0.1) is 5.82 Å². The summed E-state index contributed by atoms with van der Waals surface area (Å²) in [6.07, 6.45) is 0.208. The number of halogens is 1. The number of benzene rings is 1. The van der Waals surface area contributed by atoms with Crippen LogP contribution in [0.4, 0.5) is 10.1 Å². The van der Waals surface area contributed by atoms with E-state index >= 15 is 0 Å². The standard InChI is InChI=1S/C14H17FN6O/c1-19-13(16-17-18-19)10-14(22)21-8-6-20(7-9-21)12-4-2-11(15)3-5-12/h2-5H,6-10H2,1H3. The van der Waals surface area contributed by atoms with Gasteiger partial charge >= 0.3 is 0 Å². The summed E-state index contributed by atoms with van der Waals surface area (Å²) in [5, 5.41) is 11.1. The molecule has 0 N–H and O–H groups in total. The number of tetrazole rings is 1. The van der Waals surface area contributed by atoms with Gasteiger partial charge in [0.15, 0.2) is 5.82 Å². The lowest BCUT2D eigenvalue weighted by molar-refractivity contribution is -0.130. The van der Waals surface area contributed by atoms with Gasteiger partial charge in [-0.05, 0) is 34.7 Å². The lowest BCUT2D eigenvalue weighted by Gasteiger charge is -2.36. The van der Waals surface area contributed by atoms with Crippen LogP contribution < -0.4 is 4.90 Å². The van der Waals surface area contributed by atoms with Crippen molar-refractivity contribution in [3.63, 3.8) is 0 Å². The summed E-state index contributed by atoms with van der Waals surface area (Å²) in [5.41, 5.74) is 0.978. The minimum absolute atomic E-state index is 0.0247. The molecule has 0 radical (unpaired) electrons. The summed E-state index contributed by atoms with van der Waals surface area (Å²) < 4.78 is 14.5. The molecule has 0 unspecified atom stereocenters. The maximum absolute atomic E-state index is 12.9. The van der Waals surface area contributed by atoms with Crippen molar-refractivity contribution in [3.8, 4) is 0 Å². The maximum Gasteiger partial charge on any atom is 0.230 e. The summed E-state index contributed by atoms with van der Waals surface area (Å²) >= 11 is 0. The SMILES string of the molecule is Cn1nnnc1CC(=O)N1CCN(c2ccc(F)cc2)CC1. The molecule has 1 aromatic carbocycles. The van der Waals surface area contributed by atoms with E-state index in [0.717, 1.165) is 18.8 Å². The van der Waals surface area contributed by atoms with Crippen LogP contribution in [0.5, 0.6) is 0 Å². The van der Waals surface area contributed by atoms with Crippen LogP contribution in [0.15, 0.2) is 24.3 Å². The van der Waals surface area contributed by atoms with Crippen LogP contribution in [-0.4, -0.2) is 57.2 Å². The van der Waals surface area contributed by atoms with Crippen LogP contribution >= 0.6 is 0 Å². The Morgan fingerprint density at radius 1 is 1.18 bits per heavy atom. The smallest absolute Gasteiger partial charge is 0.230 e. The molecule has 3 rings (SSSR count). The van der Waals surface area contributed by atoms with E-state index in [0.29, 0.717) is 18.9 Å². The molecule has 22 heavy (non-hydrogen) atoms. The predicted molar refractivity (Wildman–Crippen MR) is 77.7 cm³/mol. The van der Waals surface area contributed by atoms with Crippen LogP contribution in [-0.2, 0) is 18.3 Å². The molecule has 0 aliphatic carbocycles. The summed E-state index contributed by atoms with van der Waals surface area (Å²) in [6, 6.07) is 6.43. The summed E-state index contributed by atoms with van der Waals surface area (Å²) in [7, 11) is 1.72. The molecule has 2 heterocycles. The van der Waals surface area contributed by atoms with Gasteiger partial charge in [0.1, 0.15) is 5.82 Å². The number of nitrogens with zero attached hydrogens (tertiary/aromatic N) is 6. The first-order chi connectivity index (χ1) is 10.6. The Balaban J connectivity index is 1.56. The summed E-state index contributed by atoms with van der Waals surface area (Å²) in [4.78, 5) is 16.2. The Kier molecular flexibility index (Phi) is 3.99. The van der Waals surface area contributed by atoms with Gasteiger partial charge in [-0.1, -0.05) is 0 Å². The van der Waals surface area contributed by atoms with Gasteiger partial charge in [0.05, 0.1) is 6.42 Å². The molecule has 1 fully saturated rings. The highest BCUT2D eigenvalue weighted by molar-refractivity contribution is 5.78. The zero-order valence-corrected chi connectivity index (χ0v) is 12.3. The van der Waals surface area contributed by atoms with E-state index in [1.807, 2.05) is 4.90 Å². The van der Waals surface area contributed by atoms with E-state index < -0.39 is 0 Å². The highest BCUT2D eigenvalue weighted by Gasteiger charge is 2.22. The summed E-state index contributed by atoms with van der Waals surface area (Å²) in [5.74, 6) is 0.345. The number of aryl methyl sites for hydroxylation is 1. The van der Waals surface area contributed by atoms with Gasteiger partial charge in [0, 0.05) is 38.9 Å². The van der Waals surface area contributed by atoms with Gasteiger partial charge in [0.25, 0.3) is 0 Å². The number of rotatable bonds is 3. The minimum Gasteiger partial charge on any atom is -0.368 e. The van der Waals surface area contributed by atoms with E-state index in [-0.39, 0.29) is 18.1 Å². The minimum atomic E-state index is -0.241. The number of amides is 1. The van der Waals surface area contributed by atoms with E-state index in [4.69, 9.17) is 0 Å². The fraction of sp³-hybridized carbons (Fsp3) is 0.429. The summed E-state index contributed by atoms with van der Waals surface area (Å²) in [6.45, 7) is 2.74. The number of hydrogen-bond donors (Lipinski definition) is 0. The van der Waals surface area contributed by atoms with Crippen molar-refractivity contribution in [3.05, 3.63) is 35.9 Å². The Labute approximate surface area is 127 Å². The molecule has 8 heteroatoms. The molecule has 0 bridgehead atoms. The third-order valence-electron chi connectivity index (χ3n) is 3.84. The lowest BCUT2D eigenvalue weighted by atomic mass is 10.2. The molecule has 1 amide bonds. The molecule has 116 valence electrons. The van der Waals surface area contributed by atoms with E-state index in [1.165, 1.54) is 16.8 Å². The largest absolute Gasteiger partial charge is 0.368 e. The second-order valence-electron chi connectivity index (χ2n) is 5.24. The number of carbonyl (C=O) groups is 1. The lowest BCUT2D eigenvalue weighted by Crippen LogP contribution is -2.49. The third-order valence-corrected chi connectivity index (χ3v) is 3.84. The molecule has 1 aliphatic rings. The molecule has 0 atom stereocenters. The van der Waals surface area contributed by atoms with Gasteiger partial charge in [0.2, 0.25) is 5.91 Å². The second-order valence-corrected chi connectivity index (χ2v) is 5.24. The van der Waals surface area contributed by atoms with Crippen LogP contribution in [0.3, 0.4) is 0 Å². The van der Waals surface area contributed by atoms with Crippen molar-refractivity contribution in [2.24, 2.45) is 7.05 Å². The number of hydrogen-bond acceptors (Lipinski definition) is 5. The quantitative estimate of drug-likeness (QED) is 0.812. The number of anilines is 1. The fourth-order valence-electron chi connectivity index (χ4n) is 2.51. The average molecular weight is 304 g/mol. The van der Waals surface area contributed by atoms with E-state index in [1.54, 1.807) is 19.2 Å². The number of carbonyl (C=O) groups excluding carboxylic acids is 1. The Morgan fingerprint density at radius 2 is 1.86 bits per heavy atom. The highest BCUT2D eigenvalue weighted by atomic mass is 19.1. The van der Waals surface area contributed by atoms with Crippen molar-refractivity contribution in [1.29, 1.82) is 0 Å². The molecule has 7 nitrogen and oxygen atoms in total. The van der Waals surface area contributed by atoms with Crippen LogP contribution in [0.2, 0.25) is 0 Å². The fourth-order valence-corrected chi connectivity index (χ4v) is 2.51. The van der Waals surface area contributed by atoms with Gasteiger partial charge in [-0.15, -0.1) is 5.10 Å². The molecule has 0 saturated carbocycles. The van der Waals surface area contributed by atoms with Crippen LogP contribution in [0.1, 0.15) is 5.82 Å². The zero-order valence-electron chi connectivity index (χ0n) is 12.3. The van der Waals surface area contributed by atoms with Gasteiger partial charge in [-0.25, -0.2) is 9.07 Å². The van der Waals surface area contributed by atoms with E-state index in [9.17, 15) is 9.18 Å². The first kappa shape index (κ1) is 14.4. The molecule has 1 aromatic heterocycles. The molecule has 1 saturated heterocycles. The third kappa shape index (κ3) is 3.05. The molecular weight excluding hydrogens is 287 g/mol. The average Bonchev–Trinajstić information content (AvgIpc) is 2.93. The van der Waals surface area contributed by atoms with Crippen molar-refractivity contribution >= 4 is 11.6 Å². The van der Waals surface area contributed by atoms with Crippen molar-refractivity contribution in [2.75, 3.05) is 31.1 Å². The van der Waals surface area contributed by atoms with Gasteiger partial charge < -0.3 is 9.80 Å². The van der Waals surface area contributed by atoms with E-state index in [2.05, 4.69) is 20.4 Å². The Bertz CT molecular complexity index is 648. The van der Waals surface area contributed by atoms with Gasteiger partial charge in [-0.3, -0.25) is 4.79 Å². The Morgan fingerprint density at radius 3 is 2.45 bits per heavy atom. The molecular formula is C14H17FN6O. The molecule has 2 aromatic rings. The van der Waals surface area contributed by atoms with Crippen molar-refractivity contribution < 1.29 is 9.18 Å². The number of aromatic nitrogens is 4. The monoisotopic (exact) mass is 304 g/mol. The first-order valence-electron chi connectivity index (χ1n) is 7.13. The predicted octanol–water partition coefficient (Wildman–Crippen LogP) is 0.240. The second kappa shape index (κ2) is 6.08. The number of piperazine rings is 1. The molecule has 0 spiro atoms. The Hall–Kier alpha value is -2.51. The first-order valence-corrected chi connectivity index (χ1v) is 7.13. The maximum atomic E-state index is 12.9. The van der Waals surface area contributed by atoms with Crippen molar-refractivity contribution in [1.82, 2.24) is 25.1 Å². The van der Waals surface area contributed by atoms with Crippen molar-refractivity contribution in [2.45, 2.75) is 6.42 Å². The zero-order chi connectivity index (χ0) is 15.5. The molecule has 1 aliphatic heterocycles. The van der Waals surface area contributed by atoms with Crippen LogP contribution in [0.25, 0.3) is 0 Å². The van der Waals surface area contributed by atoms with Gasteiger partial charge in [-0.2, -0.15) is 0 Å². The topological polar surface area (TPSA) is 67.2 Å². The highest BCUT2D eigenvalue weighted by Crippen LogP contribution is 2.17. The normalized spacial score (nSPS) is 15.2.